The molecule has 1 rings (SSSR count). The van der Waals surface area contributed by atoms with Crippen LogP contribution < -0.4 is 0 Å². The predicted octanol–water partition coefficient (Wildman–Crippen LogP) is 1.59. The Morgan fingerprint density at radius 3 is 2.64 bits per heavy atom. The summed E-state index contributed by atoms with van der Waals surface area (Å²) in [6.07, 6.45) is 5.84. The average molecular weight is 197 g/mol. The molecule has 1 unspecified atom stereocenters. The lowest BCUT2D eigenvalue weighted by Gasteiger charge is -2.36. The fourth-order valence-corrected chi connectivity index (χ4v) is 1.57. The Balaban J connectivity index is 2.34. The van der Waals surface area contributed by atoms with Crippen LogP contribution in [-0.2, 0) is 9.53 Å². The summed E-state index contributed by atoms with van der Waals surface area (Å²) in [5.74, 6) is -0.230. The summed E-state index contributed by atoms with van der Waals surface area (Å²) in [5.41, 5.74) is 0. The molecule has 0 aromatic rings. The summed E-state index contributed by atoms with van der Waals surface area (Å²) in [5, 5.41) is 0. The van der Waals surface area contributed by atoms with E-state index in [0.29, 0.717) is 12.6 Å². The molecule has 80 valence electrons. The highest BCUT2D eigenvalue weighted by atomic mass is 16.5. The maximum absolute atomic E-state index is 11.1. The zero-order valence-electron chi connectivity index (χ0n) is 9.03. The van der Waals surface area contributed by atoms with Gasteiger partial charge in [-0.05, 0) is 32.9 Å². The molecule has 3 nitrogen and oxygen atoms in total. The van der Waals surface area contributed by atoms with Gasteiger partial charge < -0.3 is 4.74 Å². The summed E-state index contributed by atoms with van der Waals surface area (Å²) in [6.45, 7) is 6.72. The quantitative estimate of drug-likeness (QED) is 0.495. The van der Waals surface area contributed by atoms with E-state index in [1.807, 2.05) is 13.0 Å². The number of rotatable bonds is 5. The Morgan fingerprint density at radius 1 is 1.50 bits per heavy atom. The van der Waals surface area contributed by atoms with E-state index in [1.54, 1.807) is 6.08 Å². The molecule has 1 heterocycles. The molecular formula is C11H19NO2. The van der Waals surface area contributed by atoms with Crippen molar-refractivity contribution in [3.05, 3.63) is 12.2 Å². The zero-order chi connectivity index (χ0) is 10.4. The van der Waals surface area contributed by atoms with Gasteiger partial charge in [0.2, 0.25) is 0 Å². The third-order valence-electron chi connectivity index (χ3n) is 2.52. The van der Waals surface area contributed by atoms with Crippen molar-refractivity contribution >= 4 is 5.97 Å². The van der Waals surface area contributed by atoms with Gasteiger partial charge in [0, 0.05) is 12.1 Å². The Hall–Kier alpha value is -0.830. The van der Waals surface area contributed by atoms with Crippen LogP contribution in [0.25, 0.3) is 0 Å². The van der Waals surface area contributed by atoms with E-state index in [4.69, 9.17) is 4.74 Å². The molecule has 0 N–H and O–H groups in total. The highest BCUT2D eigenvalue weighted by Gasteiger charge is 2.20. The molecule has 1 atom stereocenters. The number of hydrogen-bond acceptors (Lipinski definition) is 3. The van der Waals surface area contributed by atoms with Crippen LogP contribution in [0, 0.1) is 0 Å². The largest absolute Gasteiger partial charge is 0.463 e. The average Bonchev–Trinajstić information content (AvgIpc) is 2.09. The fraction of sp³-hybridized carbons (Fsp3) is 0.727. The van der Waals surface area contributed by atoms with Crippen molar-refractivity contribution in [2.75, 3.05) is 19.7 Å². The van der Waals surface area contributed by atoms with Gasteiger partial charge in [-0.15, -0.1) is 0 Å². The first-order valence-electron chi connectivity index (χ1n) is 5.37. The van der Waals surface area contributed by atoms with E-state index >= 15 is 0 Å². The van der Waals surface area contributed by atoms with Gasteiger partial charge in [-0.3, -0.25) is 4.90 Å². The molecule has 1 saturated heterocycles. The van der Waals surface area contributed by atoms with Gasteiger partial charge in [-0.1, -0.05) is 13.0 Å². The first kappa shape index (κ1) is 11.2. The predicted molar refractivity (Wildman–Crippen MR) is 56.0 cm³/mol. The van der Waals surface area contributed by atoms with Crippen molar-refractivity contribution in [3.8, 4) is 0 Å². The van der Waals surface area contributed by atoms with Gasteiger partial charge in [-0.2, -0.15) is 0 Å². The van der Waals surface area contributed by atoms with Gasteiger partial charge in [0.05, 0.1) is 6.61 Å². The van der Waals surface area contributed by atoms with E-state index < -0.39 is 0 Å². The molecule has 3 heteroatoms. The van der Waals surface area contributed by atoms with Crippen LogP contribution in [0.2, 0.25) is 0 Å². The van der Waals surface area contributed by atoms with Crippen molar-refractivity contribution in [3.63, 3.8) is 0 Å². The third kappa shape index (κ3) is 3.14. The molecular weight excluding hydrogens is 178 g/mol. The number of likely N-dealkylation sites (tertiary alicyclic amines) is 1. The van der Waals surface area contributed by atoms with E-state index in [-0.39, 0.29) is 5.97 Å². The molecule has 0 amide bonds. The number of carbonyl (C=O) groups is 1. The molecule has 0 spiro atoms. The van der Waals surface area contributed by atoms with Crippen LogP contribution in [0.15, 0.2) is 12.2 Å². The van der Waals surface area contributed by atoms with E-state index in [0.717, 1.165) is 19.5 Å². The Labute approximate surface area is 85.7 Å². The minimum Gasteiger partial charge on any atom is -0.463 e. The van der Waals surface area contributed by atoms with Crippen LogP contribution in [0.1, 0.15) is 26.7 Å². The van der Waals surface area contributed by atoms with E-state index in [2.05, 4.69) is 11.8 Å². The van der Waals surface area contributed by atoms with Gasteiger partial charge in [0.1, 0.15) is 0 Å². The number of nitrogens with zero attached hydrogens (tertiary/aromatic N) is 1. The molecule has 0 radical (unpaired) electrons. The van der Waals surface area contributed by atoms with Crippen molar-refractivity contribution in [2.24, 2.45) is 0 Å². The molecule has 0 aromatic carbocycles. The SMILES string of the molecule is CCOC(=O)/C=C/C(CC)N1CCC1. The monoisotopic (exact) mass is 197 g/mol. The molecule has 14 heavy (non-hydrogen) atoms. The lowest BCUT2D eigenvalue weighted by molar-refractivity contribution is -0.137. The minimum absolute atomic E-state index is 0.230. The molecule has 0 aliphatic carbocycles. The Bertz CT molecular complexity index is 209. The zero-order valence-corrected chi connectivity index (χ0v) is 9.03. The Kier molecular flexibility index (Phi) is 4.66. The number of esters is 1. The molecule has 1 fully saturated rings. The molecule has 1 aliphatic heterocycles. The summed E-state index contributed by atoms with van der Waals surface area (Å²) in [6, 6.07) is 0.410. The van der Waals surface area contributed by atoms with Gasteiger partial charge in [-0.25, -0.2) is 4.79 Å². The maximum Gasteiger partial charge on any atom is 0.330 e. The lowest BCUT2D eigenvalue weighted by Crippen LogP contribution is -2.43. The second-order valence-electron chi connectivity index (χ2n) is 3.48. The molecule has 1 aliphatic rings. The third-order valence-corrected chi connectivity index (χ3v) is 2.52. The van der Waals surface area contributed by atoms with Crippen LogP contribution in [-0.4, -0.2) is 36.6 Å². The van der Waals surface area contributed by atoms with E-state index in [1.165, 1.54) is 6.42 Å². The summed E-state index contributed by atoms with van der Waals surface area (Å²) in [4.78, 5) is 13.4. The van der Waals surface area contributed by atoms with Gasteiger partial charge >= 0.3 is 5.97 Å². The fourth-order valence-electron chi connectivity index (χ4n) is 1.57. The molecule has 0 bridgehead atoms. The van der Waals surface area contributed by atoms with Crippen molar-refractivity contribution in [1.82, 2.24) is 4.90 Å². The molecule has 0 saturated carbocycles. The second-order valence-corrected chi connectivity index (χ2v) is 3.48. The topological polar surface area (TPSA) is 29.5 Å². The number of carbonyl (C=O) groups excluding carboxylic acids is 1. The second kappa shape index (κ2) is 5.81. The number of hydrogen-bond donors (Lipinski definition) is 0. The van der Waals surface area contributed by atoms with Crippen LogP contribution in [0.5, 0.6) is 0 Å². The first-order chi connectivity index (χ1) is 6.77. The van der Waals surface area contributed by atoms with Crippen LogP contribution >= 0.6 is 0 Å². The number of ether oxygens (including phenoxy) is 1. The van der Waals surface area contributed by atoms with Gasteiger partial charge in [0.15, 0.2) is 0 Å². The highest BCUT2D eigenvalue weighted by molar-refractivity contribution is 5.81. The lowest BCUT2D eigenvalue weighted by atomic mass is 10.1. The van der Waals surface area contributed by atoms with Crippen molar-refractivity contribution < 1.29 is 9.53 Å². The maximum atomic E-state index is 11.1. The van der Waals surface area contributed by atoms with Crippen molar-refractivity contribution in [2.45, 2.75) is 32.7 Å². The van der Waals surface area contributed by atoms with Crippen LogP contribution in [0.3, 0.4) is 0 Å². The summed E-state index contributed by atoms with van der Waals surface area (Å²) in [7, 11) is 0. The first-order valence-corrected chi connectivity index (χ1v) is 5.37. The van der Waals surface area contributed by atoms with E-state index in [9.17, 15) is 4.79 Å². The van der Waals surface area contributed by atoms with Crippen LogP contribution in [0.4, 0.5) is 0 Å². The standard InChI is InChI=1S/C11H19NO2/c1-3-10(12-8-5-9-12)6-7-11(13)14-4-2/h6-7,10H,3-5,8-9H2,1-2H3/b7-6+. The minimum atomic E-state index is -0.230. The Morgan fingerprint density at radius 2 is 2.21 bits per heavy atom. The van der Waals surface area contributed by atoms with Crippen molar-refractivity contribution in [1.29, 1.82) is 0 Å². The smallest absolute Gasteiger partial charge is 0.330 e. The normalized spacial score (nSPS) is 19.3. The van der Waals surface area contributed by atoms with Gasteiger partial charge in [0.25, 0.3) is 0 Å². The summed E-state index contributed by atoms with van der Waals surface area (Å²) >= 11 is 0. The highest BCUT2D eigenvalue weighted by Crippen LogP contribution is 2.14. The molecule has 0 aromatic heterocycles. The summed E-state index contributed by atoms with van der Waals surface area (Å²) < 4.78 is 4.82.